The van der Waals surface area contributed by atoms with Crippen LogP contribution in [0, 0.1) is 11.7 Å². The highest BCUT2D eigenvalue weighted by atomic mass is 35.5. The van der Waals surface area contributed by atoms with E-state index >= 15 is 0 Å². The number of nitrogens with zero attached hydrogens (tertiary/aromatic N) is 3. The SMILES string of the molecule is CCN1CCC[C@H]1CN(CC1CCN(CCOC)CC1)C(=O)c1ccc(Cl)c(F)c1. The minimum Gasteiger partial charge on any atom is -0.383 e. The lowest BCUT2D eigenvalue weighted by molar-refractivity contribution is 0.0616. The maximum absolute atomic E-state index is 14.0. The molecule has 7 heteroatoms. The lowest BCUT2D eigenvalue weighted by Crippen LogP contribution is -2.46. The molecule has 5 nitrogen and oxygen atoms in total. The molecule has 2 heterocycles. The number of piperidine rings is 1. The lowest BCUT2D eigenvalue weighted by atomic mass is 9.95. The van der Waals surface area contributed by atoms with Crippen molar-refractivity contribution in [1.29, 1.82) is 0 Å². The summed E-state index contributed by atoms with van der Waals surface area (Å²) in [6, 6.07) is 4.78. The molecule has 0 spiro atoms. The minimum atomic E-state index is -0.537. The van der Waals surface area contributed by atoms with E-state index in [1.807, 2.05) is 4.90 Å². The first-order chi connectivity index (χ1) is 14.5. The van der Waals surface area contributed by atoms with E-state index in [1.54, 1.807) is 13.2 Å². The number of ether oxygens (including phenoxy) is 1. The fourth-order valence-corrected chi connectivity index (χ4v) is 4.87. The lowest BCUT2D eigenvalue weighted by Gasteiger charge is -2.36. The van der Waals surface area contributed by atoms with Crippen molar-refractivity contribution in [2.75, 3.05) is 59.5 Å². The molecular formula is C23H35ClFN3O2. The third kappa shape index (κ3) is 6.16. The van der Waals surface area contributed by atoms with Crippen molar-refractivity contribution in [3.05, 3.63) is 34.6 Å². The van der Waals surface area contributed by atoms with Crippen LogP contribution in [-0.2, 0) is 4.74 Å². The molecule has 1 atom stereocenters. The molecule has 0 N–H and O–H groups in total. The number of halogens is 2. The Morgan fingerprint density at radius 3 is 2.67 bits per heavy atom. The van der Waals surface area contributed by atoms with Gasteiger partial charge >= 0.3 is 0 Å². The third-order valence-electron chi connectivity index (χ3n) is 6.59. The molecule has 0 aromatic heterocycles. The molecule has 1 aromatic carbocycles. The van der Waals surface area contributed by atoms with E-state index in [4.69, 9.17) is 16.3 Å². The summed E-state index contributed by atoms with van der Waals surface area (Å²) in [6.45, 7) is 9.50. The molecule has 2 saturated heterocycles. The van der Waals surface area contributed by atoms with Gasteiger partial charge in [-0.1, -0.05) is 18.5 Å². The molecule has 2 fully saturated rings. The average Bonchev–Trinajstić information content (AvgIpc) is 3.21. The maximum Gasteiger partial charge on any atom is 0.254 e. The van der Waals surface area contributed by atoms with E-state index in [0.717, 1.165) is 65.1 Å². The number of carbonyl (C=O) groups excluding carboxylic acids is 1. The Hall–Kier alpha value is -1.21. The Balaban J connectivity index is 1.68. The first-order valence-corrected chi connectivity index (χ1v) is 11.6. The Kier molecular flexibility index (Phi) is 8.93. The molecule has 2 aliphatic rings. The molecule has 0 saturated carbocycles. The second-order valence-corrected chi connectivity index (χ2v) is 8.95. The van der Waals surface area contributed by atoms with Crippen molar-refractivity contribution in [2.45, 2.75) is 38.6 Å². The van der Waals surface area contributed by atoms with Gasteiger partial charge in [0.2, 0.25) is 0 Å². The number of rotatable bonds is 9. The zero-order valence-corrected chi connectivity index (χ0v) is 19.0. The summed E-state index contributed by atoms with van der Waals surface area (Å²) in [5, 5.41) is 0.0504. The van der Waals surface area contributed by atoms with Gasteiger partial charge in [-0.05, 0) is 76.0 Å². The maximum atomic E-state index is 14.0. The van der Waals surface area contributed by atoms with Crippen LogP contribution in [-0.4, -0.2) is 86.2 Å². The number of methoxy groups -OCH3 is 1. The van der Waals surface area contributed by atoms with Gasteiger partial charge in [0.15, 0.2) is 0 Å². The van der Waals surface area contributed by atoms with Crippen LogP contribution < -0.4 is 0 Å². The van der Waals surface area contributed by atoms with Gasteiger partial charge in [-0.3, -0.25) is 9.69 Å². The molecule has 168 valence electrons. The molecule has 2 aliphatic heterocycles. The zero-order valence-electron chi connectivity index (χ0n) is 18.3. The molecule has 1 amide bonds. The number of hydrogen-bond donors (Lipinski definition) is 0. The fourth-order valence-electron chi connectivity index (χ4n) is 4.75. The van der Waals surface area contributed by atoms with Crippen LogP contribution in [0.3, 0.4) is 0 Å². The van der Waals surface area contributed by atoms with Crippen molar-refractivity contribution in [3.63, 3.8) is 0 Å². The van der Waals surface area contributed by atoms with Gasteiger partial charge in [0.05, 0.1) is 11.6 Å². The van der Waals surface area contributed by atoms with Crippen LogP contribution in [0.5, 0.6) is 0 Å². The number of benzene rings is 1. The van der Waals surface area contributed by atoms with Crippen LogP contribution in [0.2, 0.25) is 5.02 Å². The summed E-state index contributed by atoms with van der Waals surface area (Å²) in [5.41, 5.74) is 0.385. The second-order valence-electron chi connectivity index (χ2n) is 8.54. The first-order valence-electron chi connectivity index (χ1n) is 11.2. The third-order valence-corrected chi connectivity index (χ3v) is 6.89. The summed E-state index contributed by atoms with van der Waals surface area (Å²) in [4.78, 5) is 20.2. The Morgan fingerprint density at radius 2 is 2.00 bits per heavy atom. The van der Waals surface area contributed by atoms with Crippen LogP contribution in [0.15, 0.2) is 18.2 Å². The molecule has 3 rings (SSSR count). The highest BCUT2D eigenvalue weighted by molar-refractivity contribution is 6.30. The van der Waals surface area contributed by atoms with Gasteiger partial charge in [-0.15, -0.1) is 0 Å². The molecule has 0 aliphatic carbocycles. The number of likely N-dealkylation sites (N-methyl/N-ethyl adjacent to an activating group) is 1. The average molecular weight is 440 g/mol. The van der Waals surface area contributed by atoms with E-state index in [-0.39, 0.29) is 10.9 Å². The first kappa shape index (κ1) is 23.5. The smallest absolute Gasteiger partial charge is 0.254 e. The predicted octanol–water partition coefficient (Wildman–Crippen LogP) is 3.76. The van der Waals surface area contributed by atoms with E-state index in [9.17, 15) is 9.18 Å². The summed E-state index contributed by atoms with van der Waals surface area (Å²) >= 11 is 5.83. The van der Waals surface area contributed by atoms with Crippen LogP contribution in [0.25, 0.3) is 0 Å². The van der Waals surface area contributed by atoms with Gasteiger partial charge in [0.25, 0.3) is 5.91 Å². The normalized spacial score (nSPS) is 21.3. The number of amides is 1. The summed E-state index contributed by atoms with van der Waals surface area (Å²) in [5.74, 6) is -0.151. The largest absolute Gasteiger partial charge is 0.383 e. The van der Waals surface area contributed by atoms with Gasteiger partial charge < -0.3 is 14.5 Å². The van der Waals surface area contributed by atoms with E-state index in [1.165, 1.54) is 18.6 Å². The van der Waals surface area contributed by atoms with E-state index in [0.29, 0.717) is 24.1 Å². The standard InChI is InChI=1S/C23H35ClFN3O2/c1-3-27-10-4-5-20(27)17-28(23(29)19-6-7-21(24)22(25)15-19)16-18-8-11-26(12-9-18)13-14-30-2/h6-7,15,18,20H,3-5,8-14,16-17H2,1-2H3/t20-/m0/s1. The fraction of sp³-hybridized carbons (Fsp3) is 0.696. The van der Waals surface area contributed by atoms with Gasteiger partial charge in [0.1, 0.15) is 5.82 Å². The highest BCUT2D eigenvalue weighted by Crippen LogP contribution is 2.24. The number of likely N-dealkylation sites (tertiary alicyclic amines) is 2. The molecule has 0 unspecified atom stereocenters. The zero-order chi connectivity index (χ0) is 21.5. The van der Waals surface area contributed by atoms with Crippen molar-refractivity contribution in [2.24, 2.45) is 5.92 Å². The predicted molar refractivity (Wildman–Crippen MR) is 119 cm³/mol. The van der Waals surface area contributed by atoms with Crippen LogP contribution in [0.4, 0.5) is 4.39 Å². The van der Waals surface area contributed by atoms with E-state index < -0.39 is 5.82 Å². The summed E-state index contributed by atoms with van der Waals surface area (Å²) in [7, 11) is 1.73. The van der Waals surface area contributed by atoms with Gasteiger partial charge in [-0.25, -0.2) is 4.39 Å². The van der Waals surface area contributed by atoms with Crippen LogP contribution in [0.1, 0.15) is 43.0 Å². The monoisotopic (exact) mass is 439 g/mol. The molecule has 1 aromatic rings. The van der Waals surface area contributed by atoms with Crippen molar-refractivity contribution in [3.8, 4) is 0 Å². The topological polar surface area (TPSA) is 36.0 Å². The number of carbonyl (C=O) groups is 1. The van der Waals surface area contributed by atoms with E-state index in [2.05, 4.69) is 16.7 Å². The van der Waals surface area contributed by atoms with Crippen molar-refractivity contribution in [1.82, 2.24) is 14.7 Å². The van der Waals surface area contributed by atoms with Gasteiger partial charge in [-0.2, -0.15) is 0 Å². The molecule has 0 bridgehead atoms. The Labute approximate surface area is 185 Å². The Morgan fingerprint density at radius 1 is 1.23 bits per heavy atom. The van der Waals surface area contributed by atoms with Crippen molar-refractivity contribution < 1.29 is 13.9 Å². The molecule has 30 heavy (non-hydrogen) atoms. The molecular weight excluding hydrogens is 405 g/mol. The van der Waals surface area contributed by atoms with Gasteiger partial charge in [0, 0.05) is 38.3 Å². The highest BCUT2D eigenvalue weighted by Gasteiger charge is 2.30. The van der Waals surface area contributed by atoms with Crippen LogP contribution >= 0.6 is 11.6 Å². The quantitative estimate of drug-likeness (QED) is 0.587. The summed E-state index contributed by atoms with van der Waals surface area (Å²) < 4.78 is 19.2. The minimum absolute atomic E-state index is 0.0504. The number of hydrogen-bond acceptors (Lipinski definition) is 4. The molecule has 0 radical (unpaired) electrons. The Bertz CT molecular complexity index is 697. The second kappa shape index (κ2) is 11.4. The summed E-state index contributed by atoms with van der Waals surface area (Å²) in [6.07, 6.45) is 4.44. The van der Waals surface area contributed by atoms with Crippen molar-refractivity contribution >= 4 is 17.5 Å².